The van der Waals surface area contributed by atoms with Crippen molar-refractivity contribution in [3.05, 3.63) is 0 Å². The van der Waals surface area contributed by atoms with Crippen molar-refractivity contribution in [2.75, 3.05) is 7.11 Å². The SMILES string of the molecule is COC1CC(CC(C)C(C)O)C1. The van der Waals surface area contributed by atoms with E-state index in [1.165, 1.54) is 12.8 Å². The number of hydrogen-bond acceptors (Lipinski definition) is 2. The third-order valence-corrected chi connectivity index (χ3v) is 3.05. The van der Waals surface area contributed by atoms with Gasteiger partial charge in [-0.2, -0.15) is 0 Å². The van der Waals surface area contributed by atoms with Crippen LogP contribution in [0.5, 0.6) is 0 Å². The maximum absolute atomic E-state index is 9.28. The summed E-state index contributed by atoms with van der Waals surface area (Å²) in [5, 5.41) is 9.28. The van der Waals surface area contributed by atoms with Crippen molar-refractivity contribution in [3.63, 3.8) is 0 Å². The predicted octanol–water partition coefficient (Wildman–Crippen LogP) is 1.82. The van der Waals surface area contributed by atoms with Crippen LogP contribution in [-0.4, -0.2) is 24.4 Å². The number of ether oxygens (including phenoxy) is 1. The summed E-state index contributed by atoms with van der Waals surface area (Å²) in [4.78, 5) is 0. The van der Waals surface area contributed by atoms with Gasteiger partial charge in [0.2, 0.25) is 0 Å². The molecule has 1 N–H and O–H groups in total. The first-order valence-electron chi connectivity index (χ1n) is 4.84. The molecule has 0 bridgehead atoms. The first-order valence-corrected chi connectivity index (χ1v) is 4.84. The molecule has 1 aliphatic carbocycles. The summed E-state index contributed by atoms with van der Waals surface area (Å²) in [6.07, 6.45) is 3.86. The van der Waals surface area contributed by atoms with E-state index in [1.807, 2.05) is 6.92 Å². The molecule has 1 aliphatic rings. The fraction of sp³-hybridized carbons (Fsp3) is 1.00. The van der Waals surface area contributed by atoms with Crippen molar-refractivity contribution < 1.29 is 9.84 Å². The number of methoxy groups -OCH3 is 1. The van der Waals surface area contributed by atoms with E-state index in [0.717, 1.165) is 12.3 Å². The minimum atomic E-state index is -0.161. The Hall–Kier alpha value is -0.0800. The summed E-state index contributed by atoms with van der Waals surface area (Å²) >= 11 is 0. The number of rotatable bonds is 4. The molecule has 1 rings (SSSR count). The zero-order chi connectivity index (χ0) is 9.14. The Morgan fingerprint density at radius 2 is 2.00 bits per heavy atom. The average Bonchev–Trinajstić information content (AvgIpc) is 1.94. The Balaban J connectivity index is 2.10. The van der Waals surface area contributed by atoms with Crippen molar-refractivity contribution >= 4 is 0 Å². The van der Waals surface area contributed by atoms with Crippen LogP contribution in [0.1, 0.15) is 33.1 Å². The highest BCUT2D eigenvalue weighted by atomic mass is 16.5. The van der Waals surface area contributed by atoms with Gasteiger partial charge in [-0.15, -0.1) is 0 Å². The summed E-state index contributed by atoms with van der Waals surface area (Å²) < 4.78 is 5.20. The lowest BCUT2D eigenvalue weighted by Crippen LogP contribution is -2.32. The van der Waals surface area contributed by atoms with Crippen molar-refractivity contribution in [3.8, 4) is 0 Å². The van der Waals surface area contributed by atoms with Crippen LogP contribution in [0.25, 0.3) is 0 Å². The van der Waals surface area contributed by atoms with Gasteiger partial charge in [0.15, 0.2) is 0 Å². The topological polar surface area (TPSA) is 29.5 Å². The van der Waals surface area contributed by atoms with Crippen LogP contribution in [0, 0.1) is 11.8 Å². The van der Waals surface area contributed by atoms with Gasteiger partial charge in [-0.05, 0) is 38.0 Å². The molecule has 0 aliphatic heterocycles. The summed E-state index contributed by atoms with van der Waals surface area (Å²) in [6, 6.07) is 0. The third-order valence-electron chi connectivity index (χ3n) is 3.05. The Morgan fingerprint density at radius 3 is 2.42 bits per heavy atom. The van der Waals surface area contributed by atoms with E-state index in [4.69, 9.17) is 4.74 Å². The molecule has 0 radical (unpaired) electrons. The Bertz CT molecular complexity index is 128. The van der Waals surface area contributed by atoms with Gasteiger partial charge in [-0.1, -0.05) is 6.92 Å². The normalized spacial score (nSPS) is 34.0. The van der Waals surface area contributed by atoms with Crippen LogP contribution in [0.15, 0.2) is 0 Å². The minimum absolute atomic E-state index is 0.161. The van der Waals surface area contributed by atoms with E-state index in [9.17, 15) is 5.11 Å². The van der Waals surface area contributed by atoms with Crippen LogP contribution in [0.3, 0.4) is 0 Å². The summed E-state index contributed by atoms with van der Waals surface area (Å²) in [6.45, 7) is 3.99. The van der Waals surface area contributed by atoms with E-state index >= 15 is 0 Å². The fourth-order valence-electron chi connectivity index (χ4n) is 1.78. The van der Waals surface area contributed by atoms with E-state index < -0.39 is 0 Å². The zero-order valence-electron chi connectivity index (χ0n) is 8.29. The predicted molar refractivity (Wildman–Crippen MR) is 49.0 cm³/mol. The van der Waals surface area contributed by atoms with Crippen LogP contribution < -0.4 is 0 Å². The molecule has 0 amide bonds. The van der Waals surface area contributed by atoms with Gasteiger partial charge in [0, 0.05) is 7.11 Å². The molecule has 0 aromatic rings. The third kappa shape index (κ3) is 2.46. The standard InChI is InChI=1S/C10H20O2/c1-7(8(2)11)4-9-5-10(6-9)12-3/h7-11H,4-6H2,1-3H3. The average molecular weight is 172 g/mol. The van der Waals surface area contributed by atoms with Crippen LogP contribution in [0.2, 0.25) is 0 Å². The molecule has 2 atom stereocenters. The number of aliphatic hydroxyl groups excluding tert-OH is 1. The second-order valence-corrected chi connectivity index (χ2v) is 4.15. The van der Waals surface area contributed by atoms with Crippen molar-refractivity contribution in [1.82, 2.24) is 0 Å². The number of aliphatic hydroxyl groups is 1. The minimum Gasteiger partial charge on any atom is -0.393 e. The van der Waals surface area contributed by atoms with Gasteiger partial charge in [-0.3, -0.25) is 0 Å². The van der Waals surface area contributed by atoms with E-state index in [1.54, 1.807) is 7.11 Å². The molecule has 0 spiro atoms. The van der Waals surface area contributed by atoms with Crippen molar-refractivity contribution in [2.24, 2.45) is 11.8 Å². The van der Waals surface area contributed by atoms with Gasteiger partial charge >= 0.3 is 0 Å². The first kappa shape index (κ1) is 10.0. The monoisotopic (exact) mass is 172 g/mol. The maximum Gasteiger partial charge on any atom is 0.0576 e. The highest BCUT2D eigenvalue weighted by Crippen LogP contribution is 2.35. The van der Waals surface area contributed by atoms with Crippen LogP contribution >= 0.6 is 0 Å². The second-order valence-electron chi connectivity index (χ2n) is 4.15. The van der Waals surface area contributed by atoms with E-state index in [0.29, 0.717) is 12.0 Å². The molecule has 1 saturated carbocycles. The van der Waals surface area contributed by atoms with Gasteiger partial charge < -0.3 is 9.84 Å². The lowest BCUT2D eigenvalue weighted by atomic mass is 9.76. The molecule has 12 heavy (non-hydrogen) atoms. The first-order chi connectivity index (χ1) is 5.63. The molecule has 0 saturated heterocycles. The molecule has 2 unspecified atom stereocenters. The van der Waals surface area contributed by atoms with E-state index in [-0.39, 0.29) is 6.10 Å². The molecule has 0 aromatic heterocycles. The molecule has 0 aromatic carbocycles. The molecular weight excluding hydrogens is 152 g/mol. The van der Waals surface area contributed by atoms with Gasteiger partial charge in [0.25, 0.3) is 0 Å². The highest BCUT2D eigenvalue weighted by Gasteiger charge is 2.30. The summed E-state index contributed by atoms with van der Waals surface area (Å²) in [7, 11) is 1.78. The van der Waals surface area contributed by atoms with Gasteiger partial charge in [-0.25, -0.2) is 0 Å². The Labute approximate surface area is 74.9 Å². The lowest BCUT2D eigenvalue weighted by molar-refractivity contribution is -0.0137. The van der Waals surface area contributed by atoms with Gasteiger partial charge in [0.1, 0.15) is 0 Å². The smallest absolute Gasteiger partial charge is 0.0576 e. The molecule has 0 heterocycles. The van der Waals surface area contributed by atoms with Crippen molar-refractivity contribution in [1.29, 1.82) is 0 Å². The van der Waals surface area contributed by atoms with Crippen molar-refractivity contribution in [2.45, 2.75) is 45.3 Å². The fourth-order valence-corrected chi connectivity index (χ4v) is 1.78. The number of hydrogen-bond donors (Lipinski definition) is 1. The maximum atomic E-state index is 9.28. The molecule has 72 valence electrons. The Morgan fingerprint density at radius 1 is 1.42 bits per heavy atom. The quantitative estimate of drug-likeness (QED) is 0.701. The van der Waals surface area contributed by atoms with E-state index in [2.05, 4.69) is 6.92 Å². The molecule has 2 nitrogen and oxygen atoms in total. The van der Waals surface area contributed by atoms with Crippen LogP contribution in [0.4, 0.5) is 0 Å². The largest absolute Gasteiger partial charge is 0.393 e. The molecule has 2 heteroatoms. The Kier molecular flexibility index (Phi) is 3.53. The second kappa shape index (κ2) is 4.24. The lowest BCUT2D eigenvalue weighted by Gasteiger charge is -2.36. The molecular formula is C10H20O2. The zero-order valence-corrected chi connectivity index (χ0v) is 8.29. The highest BCUT2D eigenvalue weighted by molar-refractivity contribution is 4.81. The van der Waals surface area contributed by atoms with Gasteiger partial charge in [0.05, 0.1) is 12.2 Å². The van der Waals surface area contributed by atoms with Crippen LogP contribution in [-0.2, 0) is 4.74 Å². The summed E-state index contributed by atoms with van der Waals surface area (Å²) in [5.74, 6) is 1.23. The molecule has 1 fully saturated rings. The summed E-state index contributed by atoms with van der Waals surface area (Å²) in [5.41, 5.74) is 0.